The number of hydrogen-bond donors (Lipinski definition) is 2. The highest BCUT2D eigenvalue weighted by molar-refractivity contribution is 14.0. The van der Waals surface area contributed by atoms with E-state index in [1.165, 1.54) is 5.56 Å². The number of nitrogens with one attached hydrogen (secondary N) is 2. The molecule has 1 aromatic heterocycles. The van der Waals surface area contributed by atoms with Gasteiger partial charge in [0.15, 0.2) is 5.96 Å². The number of nitrogens with zero attached hydrogens (tertiary/aromatic N) is 4. The second-order valence-electron chi connectivity index (χ2n) is 8.15. The molecular formula is C25H31IN6O. The van der Waals surface area contributed by atoms with Crippen LogP contribution in [0.25, 0.3) is 10.9 Å². The molecule has 3 aromatic rings. The lowest BCUT2D eigenvalue weighted by molar-refractivity contribution is -0.117. The Morgan fingerprint density at radius 3 is 2.48 bits per heavy atom. The highest BCUT2D eigenvalue weighted by Gasteiger charge is 2.21. The van der Waals surface area contributed by atoms with Gasteiger partial charge in [-0.15, -0.1) is 24.0 Å². The Morgan fingerprint density at radius 2 is 1.82 bits per heavy atom. The topological polar surface area (TPSA) is 72.9 Å². The number of aromatic nitrogens is 1. The fourth-order valence-electron chi connectivity index (χ4n) is 3.91. The number of carbonyl (C=O) groups is 1. The maximum absolute atomic E-state index is 11.9. The molecule has 0 saturated carbocycles. The Labute approximate surface area is 212 Å². The lowest BCUT2D eigenvalue weighted by atomic mass is 10.1. The molecule has 2 N–H and O–H groups in total. The molecule has 1 aliphatic heterocycles. The number of rotatable bonds is 6. The van der Waals surface area contributed by atoms with Gasteiger partial charge in [0.2, 0.25) is 5.91 Å². The monoisotopic (exact) mass is 558 g/mol. The molecule has 4 rings (SSSR count). The summed E-state index contributed by atoms with van der Waals surface area (Å²) < 4.78 is 0. The lowest BCUT2D eigenvalue weighted by Crippen LogP contribution is -2.36. The van der Waals surface area contributed by atoms with Crippen molar-refractivity contribution in [3.05, 3.63) is 65.7 Å². The van der Waals surface area contributed by atoms with Crippen LogP contribution >= 0.6 is 24.0 Å². The van der Waals surface area contributed by atoms with Crippen LogP contribution in [0.3, 0.4) is 0 Å². The number of benzene rings is 2. The fourth-order valence-corrected chi connectivity index (χ4v) is 3.91. The first-order valence-corrected chi connectivity index (χ1v) is 10.9. The molecule has 0 radical (unpaired) electrons. The third-order valence-electron chi connectivity index (χ3n) is 5.70. The first kappa shape index (κ1) is 24.8. The van der Waals surface area contributed by atoms with Crippen molar-refractivity contribution < 1.29 is 4.79 Å². The maximum Gasteiger partial charge on any atom is 0.227 e. The predicted octanol–water partition coefficient (Wildman–Crippen LogP) is 3.91. The van der Waals surface area contributed by atoms with Gasteiger partial charge in [0, 0.05) is 58.3 Å². The number of fused-ring (bicyclic) bond motifs is 1. The van der Waals surface area contributed by atoms with Crippen molar-refractivity contribution in [3.8, 4) is 0 Å². The first-order valence-electron chi connectivity index (χ1n) is 10.9. The van der Waals surface area contributed by atoms with Crippen molar-refractivity contribution >= 4 is 58.3 Å². The molecule has 1 fully saturated rings. The van der Waals surface area contributed by atoms with E-state index in [-0.39, 0.29) is 29.9 Å². The molecule has 2 heterocycles. The number of hydrogen-bond acceptors (Lipinski definition) is 4. The summed E-state index contributed by atoms with van der Waals surface area (Å²) in [6.07, 6.45) is 1.58. The average Bonchev–Trinajstić information content (AvgIpc) is 3.25. The van der Waals surface area contributed by atoms with Crippen LogP contribution in [-0.2, 0) is 17.9 Å². The van der Waals surface area contributed by atoms with E-state index in [1.54, 1.807) is 7.05 Å². The zero-order valence-electron chi connectivity index (χ0n) is 19.3. The third kappa shape index (κ3) is 5.93. The number of aliphatic imine (C=N–C) groups is 1. The molecule has 8 heteroatoms. The summed E-state index contributed by atoms with van der Waals surface area (Å²) in [4.78, 5) is 24.9. The number of carbonyl (C=O) groups excluding carboxylic acids is 1. The summed E-state index contributed by atoms with van der Waals surface area (Å²) in [6.45, 7) is 2.10. The molecular weight excluding hydrogens is 527 g/mol. The van der Waals surface area contributed by atoms with Crippen molar-refractivity contribution in [3.63, 3.8) is 0 Å². The van der Waals surface area contributed by atoms with E-state index in [4.69, 9.17) is 4.98 Å². The number of pyridine rings is 1. The Kier molecular flexibility index (Phi) is 8.49. The Balaban J connectivity index is 0.00000306. The smallest absolute Gasteiger partial charge is 0.227 e. The van der Waals surface area contributed by atoms with Crippen LogP contribution in [0.5, 0.6) is 0 Å². The van der Waals surface area contributed by atoms with Crippen molar-refractivity contribution in [1.82, 2.24) is 15.6 Å². The summed E-state index contributed by atoms with van der Waals surface area (Å²) in [5.74, 6) is 1.87. The van der Waals surface area contributed by atoms with Gasteiger partial charge >= 0.3 is 0 Å². The molecule has 1 saturated heterocycles. The van der Waals surface area contributed by atoms with Gasteiger partial charge in [-0.2, -0.15) is 0 Å². The van der Waals surface area contributed by atoms with Gasteiger partial charge in [0.05, 0.1) is 5.52 Å². The number of anilines is 2. The lowest BCUT2D eigenvalue weighted by Gasteiger charge is -2.17. The van der Waals surface area contributed by atoms with E-state index in [2.05, 4.69) is 39.9 Å². The van der Waals surface area contributed by atoms with Gasteiger partial charge in [-0.1, -0.05) is 30.3 Å². The van der Waals surface area contributed by atoms with E-state index in [0.29, 0.717) is 19.5 Å². The van der Waals surface area contributed by atoms with E-state index in [9.17, 15) is 4.79 Å². The van der Waals surface area contributed by atoms with Crippen LogP contribution in [0.4, 0.5) is 11.5 Å². The van der Waals surface area contributed by atoms with Crippen LogP contribution in [0.15, 0.2) is 59.6 Å². The van der Waals surface area contributed by atoms with Gasteiger partial charge in [-0.25, -0.2) is 4.98 Å². The molecule has 0 atom stereocenters. The average molecular weight is 558 g/mol. The van der Waals surface area contributed by atoms with Crippen LogP contribution < -0.4 is 20.4 Å². The van der Waals surface area contributed by atoms with Gasteiger partial charge in [0.25, 0.3) is 0 Å². The molecule has 174 valence electrons. The highest BCUT2D eigenvalue weighted by Crippen LogP contribution is 2.23. The van der Waals surface area contributed by atoms with Gasteiger partial charge in [-0.3, -0.25) is 9.79 Å². The minimum atomic E-state index is 0. The van der Waals surface area contributed by atoms with E-state index < -0.39 is 0 Å². The minimum absolute atomic E-state index is 0. The predicted molar refractivity (Wildman–Crippen MR) is 147 cm³/mol. The molecule has 1 aliphatic rings. The second kappa shape index (κ2) is 11.3. The first-order chi connectivity index (χ1) is 15.5. The SMILES string of the molecule is CN=C(NCc1ccc(N2CCCC2=O)cc1)NCc1cc(N(C)C)nc2ccccc12.I. The fraction of sp³-hybridized carbons (Fsp3) is 0.320. The molecule has 33 heavy (non-hydrogen) atoms. The number of guanidine groups is 1. The van der Waals surface area contributed by atoms with Crippen molar-refractivity contribution in [2.24, 2.45) is 4.99 Å². The normalized spacial score (nSPS) is 13.7. The Morgan fingerprint density at radius 1 is 1.09 bits per heavy atom. The Hall–Kier alpha value is -2.88. The molecule has 0 unspecified atom stereocenters. The van der Waals surface area contributed by atoms with Gasteiger partial charge < -0.3 is 20.4 Å². The molecule has 7 nitrogen and oxygen atoms in total. The van der Waals surface area contributed by atoms with Crippen LogP contribution in [0.2, 0.25) is 0 Å². The number of para-hydroxylation sites is 1. The van der Waals surface area contributed by atoms with E-state index >= 15 is 0 Å². The molecule has 0 bridgehead atoms. The van der Waals surface area contributed by atoms with Gasteiger partial charge in [-0.05, 0) is 41.8 Å². The Bertz CT molecular complexity index is 1130. The minimum Gasteiger partial charge on any atom is -0.363 e. The van der Waals surface area contributed by atoms with Crippen LogP contribution in [0, 0.1) is 0 Å². The summed E-state index contributed by atoms with van der Waals surface area (Å²) in [6, 6.07) is 18.4. The van der Waals surface area contributed by atoms with Crippen molar-refractivity contribution in [2.75, 3.05) is 37.5 Å². The zero-order valence-corrected chi connectivity index (χ0v) is 21.7. The second-order valence-corrected chi connectivity index (χ2v) is 8.15. The standard InChI is InChI=1S/C25H30N6O.HI/c1-26-25(27-16-18-10-12-20(13-11-18)31-14-6-9-24(31)32)28-17-19-15-23(30(2)3)29-22-8-5-4-7-21(19)22;/h4-5,7-8,10-13,15H,6,9,14,16-17H2,1-3H3,(H2,26,27,28);1H. The largest absolute Gasteiger partial charge is 0.363 e. The maximum atomic E-state index is 11.9. The summed E-state index contributed by atoms with van der Waals surface area (Å²) in [5.41, 5.74) is 4.25. The number of halogens is 1. The van der Waals surface area contributed by atoms with Crippen molar-refractivity contribution in [1.29, 1.82) is 0 Å². The third-order valence-corrected chi connectivity index (χ3v) is 5.70. The van der Waals surface area contributed by atoms with Crippen LogP contribution in [-0.4, -0.2) is 44.5 Å². The van der Waals surface area contributed by atoms with Crippen LogP contribution in [0.1, 0.15) is 24.0 Å². The molecule has 0 spiro atoms. The highest BCUT2D eigenvalue weighted by atomic mass is 127. The molecule has 0 aliphatic carbocycles. The zero-order chi connectivity index (χ0) is 22.5. The van der Waals surface area contributed by atoms with Gasteiger partial charge in [0.1, 0.15) is 5.82 Å². The molecule has 1 amide bonds. The van der Waals surface area contributed by atoms with Crippen molar-refractivity contribution in [2.45, 2.75) is 25.9 Å². The van der Waals surface area contributed by atoms with E-state index in [1.807, 2.05) is 54.2 Å². The summed E-state index contributed by atoms with van der Waals surface area (Å²) in [7, 11) is 5.77. The quantitative estimate of drug-likeness (QED) is 0.273. The summed E-state index contributed by atoms with van der Waals surface area (Å²) in [5, 5.41) is 7.92. The summed E-state index contributed by atoms with van der Waals surface area (Å²) >= 11 is 0. The molecule has 2 aromatic carbocycles. The number of amides is 1. The van der Waals surface area contributed by atoms with E-state index in [0.717, 1.165) is 46.9 Å².